The summed E-state index contributed by atoms with van der Waals surface area (Å²) in [5, 5.41) is 8.72. The summed E-state index contributed by atoms with van der Waals surface area (Å²) in [6, 6.07) is 5.40. The Morgan fingerprint density at radius 3 is 2.77 bits per heavy atom. The predicted molar refractivity (Wildman–Crippen MR) is 81.0 cm³/mol. The summed E-state index contributed by atoms with van der Waals surface area (Å²) in [6.07, 6.45) is 12.1. The van der Waals surface area contributed by atoms with Crippen LogP contribution in [0.2, 0.25) is 0 Å². The first kappa shape index (κ1) is 14.3. The van der Waals surface area contributed by atoms with Crippen LogP contribution in [-0.2, 0) is 6.54 Å². The van der Waals surface area contributed by atoms with Crippen molar-refractivity contribution in [2.45, 2.75) is 19.4 Å². The molecule has 0 unspecified atom stereocenters. The third-order valence-corrected chi connectivity index (χ3v) is 3.68. The first-order valence-electron chi connectivity index (χ1n) is 7.08. The molecule has 0 amide bonds. The van der Waals surface area contributed by atoms with Gasteiger partial charge in [0.1, 0.15) is 17.7 Å². The number of aromatic nitrogens is 1. The minimum absolute atomic E-state index is 0.170. The summed E-state index contributed by atoms with van der Waals surface area (Å²) in [7, 11) is 0. The summed E-state index contributed by atoms with van der Waals surface area (Å²) in [5.74, 6) is -1.29. The van der Waals surface area contributed by atoms with Gasteiger partial charge >= 0.3 is 0 Å². The Bertz CT molecular complexity index is 807. The van der Waals surface area contributed by atoms with E-state index < -0.39 is 11.6 Å². The van der Waals surface area contributed by atoms with Crippen LogP contribution in [0.25, 0.3) is 11.1 Å². The fraction of sp³-hybridized carbons (Fsp3) is 0.167. The van der Waals surface area contributed by atoms with Gasteiger partial charge in [0.2, 0.25) is 0 Å². The SMILES string of the molecule is N#Cc1cc(F)c(-c2ccn(CC3=CCCC=C3)c2)cc1F. The topological polar surface area (TPSA) is 28.7 Å². The highest BCUT2D eigenvalue weighted by atomic mass is 19.1. The van der Waals surface area contributed by atoms with Gasteiger partial charge in [-0.3, -0.25) is 0 Å². The molecule has 2 nitrogen and oxygen atoms in total. The number of hydrogen-bond donors (Lipinski definition) is 0. The van der Waals surface area contributed by atoms with Crippen LogP contribution in [0.5, 0.6) is 0 Å². The van der Waals surface area contributed by atoms with Crippen LogP contribution in [0.15, 0.2) is 54.4 Å². The van der Waals surface area contributed by atoms with Crippen LogP contribution in [-0.4, -0.2) is 4.57 Å². The van der Waals surface area contributed by atoms with Crippen molar-refractivity contribution in [3.8, 4) is 17.2 Å². The minimum atomic E-state index is -0.704. The Kier molecular flexibility index (Phi) is 3.88. The number of benzene rings is 1. The Morgan fingerprint density at radius 1 is 1.18 bits per heavy atom. The molecule has 1 aliphatic carbocycles. The zero-order valence-corrected chi connectivity index (χ0v) is 11.9. The van der Waals surface area contributed by atoms with Gasteiger partial charge in [0.25, 0.3) is 0 Å². The van der Waals surface area contributed by atoms with E-state index in [-0.39, 0.29) is 11.1 Å². The van der Waals surface area contributed by atoms with E-state index in [4.69, 9.17) is 5.26 Å². The summed E-state index contributed by atoms with van der Waals surface area (Å²) >= 11 is 0. The lowest BCUT2D eigenvalue weighted by Crippen LogP contribution is -1.98. The maximum absolute atomic E-state index is 14.0. The molecule has 0 bridgehead atoms. The van der Waals surface area contributed by atoms with Gasteiger partial charge in [-0.05, 0) is 36.6 Å². The van der Waals surface area contributed by atoms with E-state index in [1.165, 1.54) is 5.57 Å². The maximum atomic E-state index is 14.0. The monoisotopic (exact) mass is 296 g/mol. The molecule has 0 saturated carbocycles. The summed E-state index contributed by atoms with van der Waals surface area (Å²) in [5.41, 5.74) is 1.70. The van der Waals surface area contributed by atoms with Crippen molar-refractivity contribution in [3.63, 3.8) is 0 Å². The number of hydrogen-bond acceptors (Lipinski definition) is 1. The number of nitrogens with zero attached hydrogens (tertiary/aromatic N) is 2. The van der Waals surface area contributed by atoms with Gasteiger partial charge in [0.15, 0.2) is 0 Å². The van der Waals surface area contributed by atoms with Crippen LogP contribution in [0.3, 0.4) is 0 Å². The van der Waals surface area contributed by atoms with Crippen LogP contribution in [0, 0.1) is 23.0 Å². The van der Waals surface area contributed by atoms with E-state index in [0.717, 1.165) is 25.0 Å². The van der Waals surface area contributed by atoms with E-state index in [1.54, 1.807) is 18.3 Å². The molecule has 1 heterocycles. The summed E-state index contributed by atoms with van der Waals surface area (Å²) in [6.45, 7) is 0.705. The normalized spacial score (nSPS) is 13.8. The zero-order valence-electron chi connectivity index (χ0n) is 11.9. The molecule has 0 N–H and O–H groups in total. The molecule has 2 aromatic rings. The van der Waals surface area contributed by atoms with Gasteiger partial charge in [-0.25, -0.2) is 8.78 Å². The van der Waals surface area contributed by atoms with Crippen LogP contribution in [0.4, 0.5) is 8.78 Å². The molecule has 4 heteroatoms. The number of halogens is 2. The molecular formula is C18H14F2N2. The average Bonchev–Trinajstić information content (AvgIpc) is 2.98. The van der Waals surface area contributed by atoms with Gasteiger partial charge < -0.3 is 4.57 Å². The molecule has 0 radical (unpaired) electrons. The van der Waals surface area contributed by atoms with Gasteiger partial charge in [-0.15, -0.1) is 0 Å². The van der Waals surface area contributed by atoms with Gasteiger partial charge in [-0.1, -0.05) is 18.2 Å². The van der Waals surface area contributed by atoms with Crippen molar-refractivity contribution >= 4 is 0 Å². The van der Waals surface area contributed by atoms with E-state index in [0.29, 0.717) is 12.1 Å². The second-order valence-electron chi connectivity index (χ2n) is 5.25. The fourth-order valence-corrected chi connectivity index (χ4v) is 2.55. The third-order valence-electron chi connectivity index (χ3n) is 3.68. The lowest BCUT2D eigenvalue weighted by atomic mass is 10.1. The van der Waals surface area contributed by atoms with E-state index in [9.17, 15) is 8.78 Å². The fourth-order valence-electron chi connectivity index (χ4n) is 2.55. The number of nitriles is 1. The maximum Gasteiger partial charge on any atom is 0.141 e. The van der Waals surface area contributed by atoms with Gasteiger partial charge in [0.05, 0.1) is 5.56 Å². The molecule has 1 aliphatic rings. The minimum Gasteiger partial charge on any atom is -0.349 e. The molecule has 1 aromatic heterocycles. The van der Waals surface area contributed by atoms with Crippen molar-refractivity contribution in [2.24, 2.45) is 0 Å². The molecule has 0 fully saturated rings. The molecule has 1 aromatic carbocycles. The first-order chi connectivity index (χ1) is 10.7. The van der Waals surface area contributed by atoms with E-state index >= 15 is 0 Å². The van der Waals surface area contributed by atoms with Crippen LogP contribution in [0.1, 0.15) is 18.4 Å². The molecular weight excluding hydrogens is 282 g/mol. The second kappa shape index (κ2) is 5.98. The molecule has 0 atom stereocenters. The predicted octanol–water partition coefficient (Wildman–Crippen LogP) is 4.58. The Hall–Kier alpha value is -2.67. The molecule has 22 heavy (non-hydrogen) atoms. The van der Waals surface area contributed by atoms with Gasteiger partial charge in [0, 0.05) is 30.1 Å². The number of allylic oxidation sites excluding steroid dienone is 4. The average molecular weight is 296 g/mol. The largest absolute Gasteiger partial charge is 0.349 e. The Balaban J connectivity index is 1.88. The molecule has 110 valence electrons. The van der Waals surface area contributed by atoms with E-state index in [1.807, 2.05) is 10.8 Å². The van der Waals surface area contributed by atoms with Crippen molar-refractivity contribution in [3.05, 3.63) is 71.6 Å². The highest BCUT2D eigenvalue weighted by Crippen LogP contribution is 2.26. The third kappa shape index (κ3) is 2.84. The highest BCUT2D eigenvalue weighted by Gasteiger charge is 2.12. The summed E-state index contributed by atoms with van der Waals surface area (Å²) in [4.78, 5) is 0. The lowest BCUT2D eigenvalue weighted by molar-refractivity contribution is 0.600. The molecule has 0 saturated heterocycles. The van der Waals surface area contributed by atoms with Gasteiger partial charge in [-0.2, -0.15) is 5.26 Å². The van der Waals surface area contributed by atoms with Crippen LogP contribution >= 0.6 is 0 Å². The van der Waals surface area contributed by atoms with Crippen molar-refractivity contribution in [2.75, 3.05) is 0 Å². The standard InChI is InChI=1S/C18H14F2N2/c19-17-9-16(18(20)8-15(17)10-21)14-6-7-22(12-14)11-13-4-2-1-3-5-13/h2,4-9,12H,1,3,11H2. The number of rotatable bonds is 3. The highest BCUT2D eigenvalue weighted by molar-refractivity contribution is 5.65. The zero-order chi connectivity index (χ0) is 15.5. The molecule has 0 spiro atoms. The summed E-state index contributed by atoms with van der Waals surface area (Å²) < 4.78 is 29.6. The molecule has 0 aliphatic heterocycles. The lowest BCUT2D eigenvalue weighted by Gasteiger charge is -2.08. The van der Waals surface area contributed by atoms with Crippen molar-refractivity contribution in [1.29, 1.82) is 5.26 Å². The molecule has 3 rings (SSSR count). The van der Waals surface area contributed by atoms with Crippen molar-refractivity contribution in [1.82, 2.24) is 4.57 Å². The Morgan fingerprint density at radius 2 is 2.05 bits per heavy atom. The van der Waals surface area contributed by atoms with Crippen molar-refractivity contribution < 1.29 is 8.78 Å². The quantitative estimate of drug-likeness (QED) is 0.815. The first-order valence-corrected chi connectivity index (χ1v) is 7.08. The Labute approximate surface area is 127 Å². The van der Waals surface area contributed by atoms with E-state index in [2.05, 4.69) is 18.2 Å². The smallest absolute Gasteiger partial charge is 0.141 e. The van der Waals surface area contributed by atoms with Crippen LogP contribution < -0.4 is 0 Å². The second-order valence-corrected chi connectivity index (χ2v) is 5.25.